The minimum atomic E-state index is -0.905. The monoisotopic (exact) mass is 347 g/mol. The van der Waals surface area contributed by atoms with E-state index in [4.69, 9.17) is 0 Å². The van der Waals surface area contributed by atoms with Gasteiger partial charge in [-0.05, 0) is 30.8 Å². The van der Waals surface area contributed by atoms with Crippen LogP contribution in [0, 0.1) is 23.2 Å². The maximum Gasteiger partial charge on any atom is 0.258 e. The van der Waals surface area contributed by atoms with Crippen LogP contribution in [0.5, 0.6) is 0 Å². The minimum Gasteiger partial charge on any atom is -0.511 e. The Morgan fingerprint density at radius 3 is 2.60 bits per heavy atom. The summed E-state index contributed by atoms with van der Waals surface area (Å²) >= 11 is 0. The first kappa shape index (κ1) is 17.9. The van der Waals surface area contributed by atoms with Crippen molar-refractivity contribution < 1.29 is 24.6 Å². The number of allylic oxidation sites excluding steroid dienone is 2. The molecule has 0 aromatic heterocycles. The van der Waals surface area contributed by atoms with Gasteiger partial charge in [-0.2, -0.15) is 0 Å². The fourth-order valence-electron chi connectivity index (χ4n) is 4.91. The SMILES string of the molecule is CC[C@@H]1CC(=O)[C@H]2[C@@H](CC=C(C)[C@@H]2O)[C@]1(C)C(O)=C1C(=O)CNC1=O. The van der Waals surface area contributed by atoms with Crippen LogP contribution >= 0.6 is 0 Å². The number of amides is 1. The molecule has 3 aliphatic rings. The third kappa shape index (κ3) is 2.46. The molecule has 0 radical (unpaired) electrons. The molecule has 0 unspecified atom stereocenters. The molecular formula is C19H25NO5. The van der Waals surface area contributed by atoms with E-state index >= 15 is 0 Å². The maximum absolute atomic E-state index is 12.7. The Balaban J connectivity index is 2.16. The van der Waals surface area contributed by atoms with Crippen molar-refractivity contribution in [2.75, 3.05) is 6.54 Å². The van der Waals surface area contributed by atoms with Crippen LogP contribution < -0.4 is 5.32 Å². The van der Waals surface area contributed by atoms with Gasteiger partial charge < -0.3 is 15.5 Å². The third-order valence-corrected chi connectivity index (χ3v) is 6.53. The molecule has 1 aliphatic heterocycles. The number of nitrogens with one attached hydrogen (secondary N) is 1. The van der Waals surface area contributed by atoms with Crippen molar-refractivity contribution in [2.24, 2.45) is 23.2 Å². The smallest absolute Gasteiger partial charge is 0.258 e. The van der Waals surface area contributed by atoms with E-state index in [1.807, 2.05) is 19.9 Å². The summed E-state index contributed by atoms with van der Waals surface area (Å²) in [7, 11) is 0. The van der Waals surface area contributed by atoms with E-state index in [1.54, 1.807) is 6.92 Å². The van der Waals surface area contributed by atoms with Crippen LogP contribution in [-0.4, -0.2) is 40.3 Å². The van der Waals surface area contributed by atoms with Crippen molar-refractivity contribution in [3.8, 4) is 0 Å². The average Bonchev–Trinajstić information content (AvgIpc) is 2.91. The van der Waals surface area contributed by atoms with Crippen molar-refractivity contribution in [1.82, 2.24) is 5.32 Å². The zero-order valence-electron chi connectivity index (χ0n) is 14.8. The van der Waals surface area contributed by atoms with Crippen molar-refractivity contribution in [3.63, 3.8) is 0 Å². The molecule has 0 aromatic rings. The van der Waals surface area contributed by atoms with E-state index in [9.17, 15) is 24.6 Å². The highest BCUT2D eigenvalue weighted by Crippen LogP contribution is 2.56. The van der Waals surface area contributed by atoms with Gasteiger partial charge in [-0.15, -0.1) is 0 Å². The van der Waals surface area contributed by atoms with Gasteiger partial charge in [0.1, 0.15) is 17.1 Å². The highest BCUT2D eigenvalue weighted by molar-refractivity contribution is 6.25. The van der Waals surface area contributed by atoms with Gasteiger partial charge in [-0.1, -0.05) is 26.3 Å². The molecule has 0 spiro atoms. The predicted octanol–water partition coefficient (Wildman–Crippen LogP) is 1.45. The van der Waals surface area contributed by atoms with Gasteiger partial charge in [0.25, 0.3) is 5.91 Å². The molecule has 2 aliphatic carbocycles. The minimum absolute atomic E-state index is 0.00530. The van der Waals surface area contributed by atoms with E-state index < -0.39 is 29.1 Å². The Bertz CT molecular complexity index is 689. The quantitative estimate of drug-likeness (QED) is 0.304. The zero-order chi connectivity index (χ0) is 18.5. The summed E-state index contributed by atoms with van der Waals surface area (Å²) in [5.74, 6) is -2.35. The Morgan fingerprint density at radius 2 is 2.04 bits per heavy atom. The molecule has 0 bridgehead atoms. The molecule has 6 heteroatoms. The molecule has 0 aromatic carbocycles. The fraction of sp³-hybridized carbons (Fsp3) is 0.632. The Morgan fingerprint density at radius 1 is 1.36 bits per heavy atom. The van der Waals surface area contributed by atoms with Crippen LogP contribution in [0.1, 0.15) is 40.0 Å². The lowest BCUT2D eigenvalue weighted by Gasteiger charge is -2.52. The van der Waals surface area contributed by atoms with Crippen LogP contribution in [0.15, 0.2) is 23.0 Å². The summed E-state index contributed by atoms with van der Waals surface area (Å²) in [6.45, 7) is 5.45. The number of rotatable bonds is 2. The summed E-state index contributed by atoms with van der Waals surface area (Å²) in [6, 6.07) is 0. The number of aliphatic hydroxyl groups excluding tert-OH is 2. The largest absolute Gasteiger partial charge is 0.511 e. The first-order chi connectivity index (χ1) is 11.7. The van der Waals surface area contributed by atoms with Crippen molar-refractivity contribution >= 4 is 17.5 Å². The molecule has 1 saturated heterocycles. The topological polar surface area (TPSA) is 104 Å². The van der Waals surface area contributed by atoms with Crippen molar-refractivity contribution in [2.45, 2.75) is 46.1 Å². The van der Waals surface area contributed by atoms with E-state index in [0.29, 0.717) is 12.8 Å². The third-order valence-electron chi connectivity index (χ3n) is 6.53. The van der Waals surface area contributed by atoms with Crippen LogP contribution in [0.4, 0.5) is 0 Å². The summed E-state index contributed by atoms with van der Waals surface area (Å²) in [5.41, 5.74) is -0.332. The number of hydrogen-bond donors (Lipinski definition) is 3. The number of carbonyl (C=O) groups excluding carboxylic acids is 3. The average molecular weight is 347 g/mol. The molecule has 3 rings (SSSR count). The van der Waals surface area contributed by atoms with Gasteiger partial charge in [-0.3, -0.25) is 14.4 Å². The first-order valence-electron chi connectivity index (χ1n) is 8.85. The summed E-state index contributed by atoms with van der Waals surface area (Å²) in [4.78, 5) is 36.9. The molecule has 6 nitrogen and oxygen atoms in total. The van der Waals surface area contributed by atoms with Crippen LogP contribution in [-0.2, 0) is 14.4 Å². The molecule has 1 saturated carbocycles. The fourth-order valence-corrected chi connectivity index (χ4v) is 4.91. The molecule has 1 heterocycles. The second-order valence-corrected chi connectivity index (χ2v) is 7.65. The highest BCUT2D eigenvalue weighted by atomic mass is 16.3. The summed E-state index contributed by atoms with van der Waals surface area (Å²) in [5, 5.41) is 24.0. The van der Waals surface area contributed by atoms with Crippen molar-refractivity contribution in [3.05, 3.63) is 23.0 Å². The number of Topliss-reactive ketones (excluding diaryl/α,β-unsaturated/α-hetero) is 2. The van der Waals surface area contributed by atoms with Gasteiger partial charge in [0, 0.05) is 11.8 Å². The zero-order valence-corrected chi connectivity index (χ0v) is 14.8. The molecular weight excluding hydrogens is 322 g/mol. The molecule has 136 valence electrons. The molecule has 2 fully saturated rings. The molecule has 25 heavy (non-hydrogen) atoms. The lowest BCUT2D eigenvalue weighted by molar-refractivity contribution is -0.142. The maximum atomic E-state index is 12.7. The van der Waals surface area contributed by atoms with E-state index in [-0.39, 0.29) is 41.9 Å². The number of hydrogen-bond acceptors (Lipinski definition) is 5. The lowest BCUT2D eigenvalue weighted by Crippen LogP contribution is -2.54. The molecule has 1 amide bonds. The normalized spacial score (nSPS) is 40.5. The highest BCUT2D eigenvalue weighted by Gasteiger charge is 2.57. The predicted molar refractivity (Wildman–Crippen MR) is 90.5 cm³/mol. The van der Waals surface area contributed by atoms with Crippen LogP contribution in [0.3, 0.4) is 0 Å². The van der Waals surface area contributed by atoms with E-state index in [1.165, 1.54) is 0 Å². The van der Waals surface area contributed by atoms with E-state index in [0.717, 1.165) is 5.57 Å². The first-order valence-corrected chi connectivity index (χ1v) is 8.85. The summed E-state index contributed by atoms with van der Waals surface area (Å²) in [6.07, 6.45) is 2.40. The standard InChI is InChI=1S/C19H25NO5/c1-4-10-7-12(21)14-11(6-5-9(2)16(14)23)19(10,3)17(24)15-13(22)8-20-18(15)25/h5,10-11,14,16,23-24H,4,6-8H2,1-3H3,(H,20,25)/t10-,11-,14-,16+,19-/m1/s1. The Hall–Kier alpha value is -1.95. The number of fused-ring (bicyclic) bond motifs is 1. The summed E-state index contributed by atoms with van der Waals surface area (Å²) < 4.78 is 0. The van der Waals surface area contributed by atoms with Crippen molar-refractivity contribution in [1.29, 1.82) is 0 Å². The number of ketones is 2. The Kier molecular flexibility index (Phi) is 4.35. The Labute approximate surface area is 147 Å². The lowest BCUT2D eigenvalue weighted by atomic mass is 9.51. The van der Waals surface area contributed by atoms with Gasteiger partial charge in [-0.25, -0.2) is 0 Å². The second-order valence-electron chi connectivity index (χ2n) is 7.65. The van der Waals surface area contributed by atoms with E-state index in [2.05, 4.69) is 5.32 Å². The molecule has 3 N–H and O–H groups in total. The van der Waals surface area contributed by atoms with Crippen LogP contribution in [0.2, 0.25) is 0 Å². The van der Waals surface area contributed by atoms with Gasteiger partial charge in [0.15, 0.2) is 5.78 Å². The van der Waals surface area contributed by atoms with Gasteiger partial charge in [0.05, 0.1) is 18.6 Å². The second kappa shape index (κ2) is 6.09. The number of aliphatic hydroxyl groups is 2. The molecule has 5 atom stereocenters. The van der Waals surface area contributed by atoms with Gasteiger partial charge in [0.2, 0.25) is 0 Å². The van der Waals surface area contributed by atoms with Crippen LogP contribution in [0.25, 0.3) is 0 Å². The number of carbonyl (C=O) groups is 3. The van der Waals surface area contributed by atoms with Gasteiger partial charge >= 0.3 is 0 Å².